The number of methoxy groups -OCH3 is 1. The number of nitrogens with zero attached hydrogens (tertiary/aromatic N) is 1. The van der Waals surface area contributed by atoms with Gasteiger partial charge in [-0.05, 0) is 48.7 Å². The van der Waals surface area contributed by atoms with Crippen molar-refractivity contribution in [2.24, 2.45) is 0 Å². The van der Waals surface area contributed by atoms with Crippen LogP contribution < -0.4 is 15.4 Å². The lowest BCUT2D eigenvalue weighted by Gasteiger charge is -2.32. The molecular weight excluding hydrogens is 284 g/mol. The van der Waals surface area contributed by atoms with Gasteiger partial charge < -0.3 is 15.4 Å². The van der Waals surface area contributed by atoms with E-state index in [1.807, 2.05) is 24.3 Å². The smallest absolute Gasteiger partial charge is 0.123 e. The maximum atomic E-state index is 6.12. The zero-order chi connectivity index (χ0) is 14.8. The molecule has 0 bridgehead atoms. The quantitative estimate of drug-likeness (QED) is 0.874. The van der Waals surface area contributed by atoms with E-state index in [-0.39, 0.29) is 0 Å². The molecular formula is C17H19ClN2O. The highest BCUT2D eigenvalue weighted by atomic mass is 35.5. The SMILES string of the molecule is COc1ccc(Cl)cc1CN1CCCc2ccc(N)cc21. The third kappa shape index (κ3) is 2.93. The van der Waals surface area contributed by atoms with Gasteiger partial charge in [-0.3, -0.25) is 0 Å². The van der Waals surface area contributed by atoms with Crippen LogP contribution in [0.5, 0.6) is 5.75 Å². The maximum absolute atomic E-state index is 6.12. The molecule has 0 unspecified atom stereocenters. The summed E-state index contributed by atoms with van der Waals surface area (Å²) in [5.41, 5.74) is 10.4. The van der Waals surface area contributed by atoms with E-state index in [4.69, 9.17) is 22.1 Å². The Bertz CT molecular complexity index is 657. The first-order valence-electron chi connectivity index (χ1n) is 7.13. The van der Waals surface area contributed by atoms with Crippen molar-refractivity contribution in [3.8, 4) is 5.75 Å². The molecule has 1 aliphatic rings. The number of hydrogen-bond donors (Lipinski definition) is 1. The molecule has 2 N–H and O–H groups in total. The van der Waals surface area contributed by atoms with Crippen molar-refractivity contribution in [3.63, 3.8) is 0 Å². The highest BCUT2D eigenvalue weighted by molar-refractivity contribution is 6.30. The molecule has 2 aromatic carbocycles. The molecule has 3 nitrogen and oxygen atoms in total. The normalized spacial score (nSPS) is 13.9. The number of aryl methyl sites for hydroxylation is 1. The molecule has 0 radical (unpaired) electrons. The Morgan fingerprint density at radius 3 is 2.90 bits per heavy atom. The summed E-state index contributed by atoms with van der Waals surface area (Å²) in [7, 11) is 1.69. The van der Waals surface area contributed by atoms with Crippen LogP contribution in [-0.2, 0) is 13.0 Å². The Morgan fingerprint density at radius 1 is 1.24 bits per heavy atom. The van der Waals surface area contributed by atoms with Crippen molar-refractivity contribution >= 4 is 23.0 Å². The van der Waals surface area contributed by atoms with Crippen LogP contribution in [0.25, 0.3) is 0 Å². The van der Waals surface area contributed by atoms with Crippen LogP contribution in [-0.4, -0.2) is 13.7 Å². The number of nitrogen functional groups attached to an aromatic ring is 1. The molecule has 0 amide bonds. The number of anilines is 2. The fourth-order valence-corrected chi connectivity index (χ4v) is 3.10. The molecule has 0 saturated heterocycles. The summed E-state index contributed by atoms with van der Waals surface area (Å²) in [6.07, 6.45) is 2.26. The van der Waals surface area contributed by atoms with Crippen LogP contribution in [0.4, 0.5) is 11.4 Å². The molecule has 1 heterocycles. The Hall–Kier alpha value is -1.87. The lowest BCUT2D eigenvalue weighted by molar-refractivity contribution is 0.409. The Morgan fingerprint density at radius 2 is 2.10 bits per heavy atom. The zero-order valence-electron chi connectivity index (χ0n) is 12.1. The topological polar surface area (TPSA) is 38.5 Å². The lowest BCUT2D eigenvalue weighted by atomic mass is 10.0. The molecule has 0 aliphatic carbocycles. The number of halogens is 1. The van der Waals surface area contributed by atoms with Gasteiger partial charge in [-0.25, -0.2) is 0 Å². The molecule has 0 atom stereocenters. The Kier molecular flexibility index (Phi) is 3.93. The largest absolute Gasteiger partial charge is 0.496 e. The van der Waals surface area contributed by atoms with Gasteiger partial charge in [0.25, 0.3) is 0 Å². The van der Waals surface area contributed by atoms with Gasteiger partial charge >= 0.3 is 0 Å². The van der Waals surface area contributed by atoms with E-state index in [0.29, 0.717) is 0 Å². The maximum Gasteiger partial charge on any atom is 0.123 e. The van der Waals surface area contributed by atoms with Crippen molar-refractivity contribution in [3.05, 3.63) is 52.5 Å². The third-order valence-electron chi connectivity index (χ3n) is 3.93. The summed E-state index contributed by atoms with van der Waals surface area (Å²) in [4.78, 5) is 2.35. The predicted octanol–water partition coefficient (Wildman–Crippen LogP) is 3.88. The first-order valence-corrected chi connectivity index (χ1v) is 7.51. The first kappa shape index (κ1) is 14.1. The van der Waals surface area contributed by atoms with Gasteiger partial charge in [0, 0.05) is 35.1 Å². The summed E-state index contributed by atoms with van der Waals surface area (Å²) in [6, 6.07) is 11.9. The Labute approximate surface area is 130 Å². The molecule has 3 rings (SSSR count). The highest BCUT2D eigenvalue weighted by Gasteiger charge is 2.18. The summed E-state index contributed by atoms with van der Waals surface area (Å²) >= 11 is 6.12. The van der Waals surface area contributed by atoms with Crippen molar-refractivity contribution < 1.29 is 4.74 Å². The average Bonchev–Trinajstić information content (AvgIpc) is 2.48. The number of fused-ring (bicyclic) bond motifs is 1. The van der Waals surface area contributed by atoms with Gasteiger partial charge in [-0.15, -0.1) is 0 Å². The summed E-state index contributed by atoms with van der Waals surface area (Å²) in [6.45, 7) is 1.80. The van der Waals surface area contributed by atoms with Gasteiger partial charge in [-0.2, -0.15) is 0 Å². The third-order valence-corrected chi connectivity index (χ3v) is 4.16. The van der Waals surface area contributed by atoms with E-state index < -0.39 is 0 Å². The number of hydrogen-bond acceptors (Lipinski definition) is 3. The molecule has 2 aromatic rings. The second kappa shape index (κ2) is 5.86. The number of benzene rings is 2. The highest BCUT2D eigenvalue weighted by Crippen LogP contribution is 2.32. The van der Waals surface area contributed by atoms with E-state index in [1.54, 1.807) is 7.11 Å². The van der Waals surface area contributed by atoms with Gasteiger partial charge in [0.1, 0.15) is 5.75 Å². The second-order valence-corrected chi connectivity index (χ2v) is 5.81. The van der Waals surface area contributed by atoms with Gasteiger partial charge in [0.15, 0.2) is 0 Å². The van der Waals surface area contributed by atoms with Crippen LogP contribution in [0.2, 0.25) is 5.02 Å². The van der Waals surface area contributed by atoms with E-state index in [2.05, 4.69) is 17.0 Å². The first-order chi connectivity index (χ1) is 10.2. The second-order valence-electron chi connectivity index (χ2n) is 5.37. The molecule has 0 saturated carbocycles. The number of nitrogens with two attached hydrogens (primary N) is 1. The number of rotatable bonds is 3. The monoisotopic (exact) mass is 302 g/mol. The van der Waals surface area contributed by atoms with Crippen LogP contribution in [0.1, 0.15) is 17.5 Å². The van der Waals surface area contributed by atoms with Crippen molar-refractivity contribution in [2.45, 2.75) is 19.4 Å². The van der Waals surface area contributed by atoms with Crippen molar-refractivity contribution in [1.29, 1.82) is 0 Å². The van der Waals surface area contributed by atoms with Gasteiger partial charge in [0.2, 0.25) is 0 Å². The van der Waals surface area contributed by atoms with E-state index >= 15 is 0 Å². The molecule has 1 aliphatic heterocycles. The fraction of sp³-hybridized carbons (Fsp3) is 0.294. The van der Waals surface area contributed by atoms with E-state index in [0.717, 1.165) is 48.0 Å². The van der Waals surface area contributed by atoms with Crippen LogP contribution in [0, 0.1) is 0 Å². The molecule has 110 valence electrons. The molecule has 21 heavy (non-hydrogen) atoms. The zero-order valence-corrected chi connectivity index (χ0v) is 12.9. The van der Waals surface area contributed by atoms with Crippen LogP contribution in [0.3, 0.4) is 0 Å². The van der Waals surface area contributed by atoms with Crippen molar-refractivity contribution in [2.75, 3.05) is 24.3 Å². The summed E-state index contributed by atoms with van der Waals surface area (Å²) in [5.74, 6) is 0.871. The lowest BCUT2D eigenvalue weighted by Crippen LogP contribution is -2.29. The van der Waals surface area contributed by atoms with E-state index in [9.17, 15) is 0 Å². The minimum Gasteiger partial charge on any atom is -0.496 e. The molecule has 0 spiro atoms. The summed E-state index contributed by atoms with van der Waals surface area (Å²) in [5, 5.41) is 0.732. The Balaban J connectivity index is 1.93. The minimum atomic E-state index is 0.732. The molecule has 0 fully saturated rings. The fourth-order valence-electron chi connectivity index (χ4n) is 2.91. The summed E-state index contributed by atoms with van der Waals surface area (Å²) < 4.78 is 5.44. The van der Waals surface area contributed by atoms with Crippen LogP contribution >= 0.6 is 11.6 Å². The number of ether oxygens (including phenoxy) is 1. The standard InChI is InChI=1S/C17H19ClN2O/c1-21-17-7-5-14(18)9-13(17)11-20-8-2-3-12-4-6-15(19)10-16(12)20/h4-7,9-10H,2-3,8,11,19H2,1H3. The predicted molar refractivity (Wildman–Crippen MR) is 88.2 cm³/mol. The molecule has 0 aromatic heterocycles. The average molecular weight is 303 g/mol. The van der Waals surface area contributed by atoms with Crippen molar-refractivity contribution in [1.82, 2.24) is 0 Å². The van der Waals surface area contributed by atoms with E-state index in [1.165, 1.54) is 11.3 Å². The van der Waals surface area contributed by atoms with Gasteiger partial charge in [0.05, 0.1) is 7.11 Å². The molecule has 4 heteroatoms. The van der Waals surface area contributed by atoms with Crippen LogP contribution in [0.15, 0.2) is 36.4 Å². The minimum absolute atomic E-state index is 0.732. The van der Waals surface area contributed by atoms with Gasteiger partial charge in [-0.1, -0.05) is 17.7 Å².